The first-order valence-electron chi connectivity index (χ1n) is 6.44. The monoisotopic (exact) mass is 237 g/mol. The van der Waals surface area contributed by atoms with Crippen molar-refractivity contribution in [2.75, 3.05) is 0 Å². The zero-order chi connectivity index (χ0) is 12.4. The Morgan fingerprint density at radius 3 is 2.61 bits per heavy atom. The van der Waals surface area contributed by atoms with Crippen LogP contribution in [0.25, 0.3) is 22.0 Å². The van der Waals surface area contributed by atoms with Gasteiger partial charge in [-0.05, 0) is 11.6 Å². The molecule has 1 aromatic carbocycles. The van der Waals surface area contributed by atoms with Gasteiger partial charge in [-0.3, -0.25) is 0 Å². The summed E-state index contributed by atoms with van der Waals surface area (Å²) < 4.78 is 2.22. The van der Waals surface area contributed by atoms with Crippen LogP contribution in [0.3, 0.4) is 0 Å². The molecule has 2 heterocycles. The molecular formula is C16H17N2+. The molecule has 3 rings (SSSR count). The van der Waals surface area contributed by atoms with Crippen molar-refractivity contribution in [1.82, 2.24) is 4.98 Å². The Morgan fingerprint density at radius 2 is 1.83 bits per heavy atom. The Kier molecular flexibility index (Phi) is 2.85. The zero-order valence-corrected chi connectivity index (χ0v) is 10.6. The SMILES string of the molecule is CCC[n+]1ccc(-c2c[nH]c3ccccc23)cc1. The number of rotatable bonds is 3. The fourth-order valence-electron chi connectivity index (χ4n) is 2.35. The minimum Gasteiger partial charge on any atom is -0.361 e. The Balaban J connectivity index is 2.03. The van der Waals surface area contributed by atoms with Crippen LogP contribution < -0.4 is 4.57 Å². The van der Waals surface area contributed by atoms with Gasteiger partial charge in [0.25, 0.3) is 0 Å². The first-order chi connectivity index (χ1) is 8.88. The van der Waals surface area contributed by atoms with E-state index in [2.05, 4.69) is 71.5 Å². The summed E-state index contributed by atoms with van der Waals surface area (Å²) in [7, 11) is 0. The van der Waals surface area contributed by atoms with Gasteiger partial charge in [0.1, 0.15) is 6.54 Å². The number of hydrogen-bond donors (Lipinski definition) is 1. The second kappa shape index (κ2) is 4.65. The van der Waals surface area contributed by atoms with Gasteiger partial charge in [0.05, 0.1) is 0 Å². The molecule has 2 nitrogen and oxygen atoms in total. The average molecular weight is 237 g/mol. The standard InChI is InChI=1S/C16H16N2/c1-2-9-18-10-7-13(8-11-18)15-12-17-16-6-4-3-5-14(15)16/h3-8,10-12H,2,9H2,1H3/p+1. The highest BCUT2D eigenvalue weighted by Gasteiger charge is 2.07. The summed E-state index contributed by atoms with van der Waals surface area (Å²) in [4.78, 5) is 3.32. The fraction of sp³-hybridized carbons (Fsp3) is 0.188. The molecule has 0 bridgehead atoms. The normalized spacial score (nSPS) is 10.9. The zero-order valence-electron chi connectivity index (χ0n) is 10.6. The van der Waals surface area contributed by atoms with E-state index in [9.17, 15) is 0 Å². The van der Waals surface area contributed by atoms with Crippen molar-refractivity contribution in [2.45, 2.75) is 19.9 Å². The summed E-state index contributed by atoms with van der Waals surface area (Å²) in [5.41, 5.74) is 3.73. The summed E-state index contributed by atoms with van der Waals surface area (Å²) in [5.74, 6) is 0. The first-order valence-corrected chi connectivity index (χ1v) is 6.44. The number of para-hydroxylation sites is 1. The average Bonchev–Trinajstić information content (AvgIpc) is 2.84. The Hall–Kier alpha value is -2.09. The van der Waals surface area contributed by atoms with Crippen LogP contribution in [-0.2, 0) is 6.54 Å². The van der Waals surface area contributed by atoms with Crippen LogP contribution in [0.2, 0.25) is 0 Å². The number of aromatic amines is 1. The van der Waals surface area contributed by atoms with Crippen LogP contribution in [0.1, 0.15) is 13.3 Å². The van der Waals surface area contributed by atoms with Crippen molar-refractivity contribution in [3.63, 3.8) is 0 Å². The second-order valence-corrected chi connectivity index (χ2v) is 4.57. The molecule has 0 radical (unpaired) electrons. The molecule has 0 unspecified atom stereocenters. The number of nitrogens with zero attached hydrogens (tertiary/aromatic N) is 1. The smallest absolute Gasteiger partial charge is 0.169 e. The number of hydrogen-bond acceptors (Lipinski definition) is 0. The molecule has 0 spiro atoms. The van der Waals surface area contributed by atoms with Gasteiger partial charge in [-0.15, -0.1) is 0 Å². The van der Waals surface area contributed by atoms with E-state index in [0.717, 1.165) is 13.0 Å². The van der Waals surface area contributed by atoms with Crippen molar-refractivity contribution in [3.05, 3.63) is 55.0 Å². The number of benzene rings is 1. The van der Waals surface area contributed by atoms with Crippen molar-refractivity contribution < 1.29 is 4.57 Å². The predicted octanol–water partition coefficient (Wildman–Crippen LogP) is 3.53. The van der Waals surface area contributed by atoms with Gasteiger partial charge in [0.15, 0.2) is 12.4 Å². The summed E-state index contributed by atoms with van der Waals surface area (Å²) in [5, 5.41) is 1.28. The van der Waals surface area contributed by atoms with Crippen molar-refractivity contribution in [3.8, 4) is 11.1 Å². The third-order valence-corrected chi connectivity index (χ3v) is 3.27. The summed E-state index contributed by atoms with van der Waals surface area (Å²) in [6, 6.07) is 12.8. The molecule has 2 heteroatoms. The van der Waals surface area contributed by atoms with E-state index < -0.39 is 0 Å². The van der Waals surface area contributed by atoms with Crippen LogP contribution in [0, 0.1) is 0 Å². The molecule has 0 aliphatic rings. The topological polar surface area (TPSA) is 19.7 Å². The molecule has 0 amide bonds. The Labute approximate surface area is 107 Å². The van der Waals surface area contributed by atoms with Gasteiger partial charge >= 0.3 is 0 Å². The lowest BCUT2D eigenvalue weighted by atomic mass is 10.1. The molecule has 0 saturated heterocycles. The predicted molar refractivity (Wildman–Crippen MR) is 74.2 cm³/mol. The molecule has 90 valence electrons. The first kappa shape index (κ1) is 11.0. The number of pyridine rings is 1. The minimum absolute atomic E-state index is 1.08. The molecular weight excluding hydrogens is 220 g/mol. The largest absolute Gasteiger partial charge is 0.361 e. The van der Waals surface area contributed by atoms with Gasteiger partial charge in [-0.1, -0.05) is 25.1 Å². The summed E-state index contributed by atoms with van der Waals surface area (Å²) in [6.45, 7) is 3.27. The van der Waals surface area contributed by atoms with Crippen LogP contribution >= 0.6 is 0 Å². The van der Waals surface area contributed by atoms with E-state index in [0.29, 0.717) is 0 Å². The lowest BCUT2D eigenvalue weighted by molar-refractivity contribution is -0.696. The van der Waals surface area contributed by atoms with Gasteiger partial charge in [0.2, 0.25) is 0 Å². The van der Waals surface area contributed by atoms with Gasteiger partial charge < -0.3 is 4.98 Å². The van der Waals surface area contributed by atoms with Crippen LogP contribution in [0.15, 0.2) is 55.0 Å². The molecule has 2 aromatic heterocycles. The van der Waals surface area contributed by atoms with Crippen LogP contribution in [0.5, 0.6) is 0 Å². The molecule has 0 saturated carbocycles. The number of aromatic nitrogens is 2. The van der Waals surface area contributed by atoms with Crippen molar-refractivity contribution in [1.29, 1.82) is 0 Å². The molecule has 18 heavy (non-hydrogen) atoms. The minimum atomic E-state index is 1.08. The van der Waals surface area contributed by atoms with E-state index in [-0.39, 0.29) is 0 Å². The molecule has 0 fully saturated rings. The lowest BCUT2D eigenvalue weighted by Crippen LogP contribution is -2.31. The van der Waals surface area contributed by atoms with Gasteiger partial charge in [0, 0.05) is 41.2 Å². The highest BCUT2D eigenvalue weighted by Crippen LogP contribution is 2.27. The third kappa shape index (κ3) is 1.90. The molecule has 0 aliphatic heterocycles. The van der Waals surface area contributed by atoms with Crippen molar-refractivity contribution >= 4 is 10.9 Å². The quantitative estimate of drug-likeness (QED) is 0.672. The summed E-state index contributed by atoms with van der Waals surface area (Å²) >= 11 is 0. The maximum absolute atomic E-state index is 3.32. The van der Waals surface area contributed by atoms with Crippen LogP contribution in [-0.4, -0.2) is 4.98 Å². The Bertz CT molecular complexity index is 650. The Morgan fingerprint density at radius 1 is 1.06 bits per heavy atom. The van der Waals surface area contributed by atoms with E-state index in [1.54, 1.807) is 0 Å². The molecule has 0 aliphatic carbocycles. The van der Waals surface area contributed by atoms with Gasteiger partial charge in [-0.2, -0.15) is 0 Å². The third-order valence-electron chi connectivity index (χ3n) is 3.27. The summed E-state index contributed by atoms with van der Waals surface area (Å²) in [6.07, 6.45) is 7.56. The number of fused-ring (bicyclic) bond motifs is 1. The maximum atomic E-state index is 3.32. The van der Waals surface area contributed by atoms with Gasteiger partial charge in [-0.25, -0.2) is 4.57 Å². The highest BCUT2D eigenvalue weighted by molar-refractivity contribution is 5.95. The fourth-order valence-corrected chi connectivity index (χ4v) is 2.35. The molecule has 1 N–H and O–H groups in total. The lowest BCUT2D eigenvalue weighted by Gasteiger charge is -1.99. The van der Waals surface area contributed by atoms with Crippen molar-refractivity contribution in [2.24, 2.45) is 0 Å². The number of aryl methyl sites for hydroxylation is 1. The number of H-pyrrole nitrogens is 1. The van der Waals surface area contributed by atoms with E-state index in [1.165, 1.54) is 22.0 Å². The van der Waals surface area contributed by atoms with E-state index in [1.807, 2.05) is 0 Å². The second-order valence-electron chi connectivity index (χ2n) is 4.57. The maximum Gasteiger partial charge on any atom is 0.169 e. The number of nitrogens with one attached hydrogen (secondary N) is 1. The van der Waals surface area contributed by atoms with E-state index >= 15 is 0 Å². The van der Waals surface area contributed by atoms with Crippen LogP contribution in [0.4, 0.5) is 0 Å². The van der Waals surface area contributed by atoms with E-state index in [4.69, 9.17) is 0 Å². The molecule has 0 atom stereocenters. The molecule has 3 aromatic rings. The highest BCUT2D eigenvalue weighted by atomic mass is 14.9.